The van der Waals surface area contributed by atoms with Crippen LogP contribution in [-0.4, -0.2) is 70.3 Å². The number of benzene rings is 3. The van der Waals surface area contributed by atoms with Crippen molar-refractivity contribution < 1.29 is 43.6 Å². The highest BCUT2D eigenvalue weighted by atomic mass is 16.6. The van der Waals surface area contributed by atoms with E-state index in [-0.39, 0.29) is 23.8 Å². The first-order valence-electron chi connectivity index (χ1n) is 14.0. The molecule has 232 valence electrons. The molecule has 1 amide bonds. The Labute approximate surface area is 255 Å². The minimum absolute atomic E-state index is 0.131. The van der Waals surface area contributed by atoms with E-state index in [0.29, 0.717) is 5.75 Å². The van der Waals surface area contributed by atoms with Crippen LogP contribution in [0.15, 0.2) is 66.7 Å². The molecule has 1 aliphatic rings. The van der Waals surface area contributed by atoms with E-state index in [2.05, 4.69) is 0 Å². The molecule has 0 spiro atoms. The summed E-state index contributed by atoms with van der Waals surface area (Å²) in [6, 6.07) is 16.2. The monoisotopic (exact) mass is 604 g/mol. The number of carbonyl (C=O) groups is 4. The highest BCUT2D eigenvalue weighted by molar-refractivity contribution is 6.08. The number of ether oxygens (including phenoxy) is 3. The van der Waals surface area contributed by atoms with Gasteiger partial charge in [0.1, 0.15) is 23.7 Å². The van der Waals surface area contributed by atoms with Crippen molar-refractivity contribution in [1.29, 1.82) is 0 Å². The summed E-state index contributed by atoms with van der Waals surface area (Å²) < 4.78 is 16.4. The third kappa shape index (κ3) is 7.17. The standard InChI is InChI=1S/C33H36N2O9/c1-33(2,3)44-31(40)29(30(39)26(34)16-28(37)38)35(17-19-13-14-20(42-4)15-27(19)36)32(41)43-18-25-23-11-7-5-9-21(23)22-10-6-8-12-24(22)25/h5-15,25-26,29,36H,16-18,34H2,1-4H3,(H,37,38)/t26-,29?/m0/s1. The molecule has 1 unspecified atom stereocenters. The Morgan fingerprint density at radius 2 is 1.55 bits per heavy atom. The van der Waals surface area contributed by atoms with Gasteiger partial charge >= 0.3 is 18.0 Å². The summed E-state index contributed by atoms with van der Waals surface area (Å²) in [6.07, 6.45) is -1.85. The zero-order valence-electron chi connectivity index (χ0n) is 25.0. The van der Waals surface area contributed by atoms with Gasteiger partial charge in [-0.3, -0.25) is 14.5 Å². The van der Waals surface area contributed by atoms with Crippen LogP contribution in [0, 0.1) is 0 Å². The number of nitrogens with zero attached hydrogens (tertiary/aromatic N) is 1. The fraction of sp³-hybridized carbons (Fsp3) is 0.333. The van der Waals surface area contributed by atoms with E-state index in [1.807, 2.05) is 48.5 Å². The van der Waals surface area contributed by atoms with E-state index in [4.69, 9.17) is 19.9 Å². The predicted molar refractivity (Wildman–Crippen MR) is 160 cm³/mol. The predicted octanol–water partition coefficient (Wildman–Crippen LogP) is 4.23. The zero-order valence-corrected chi connectivity index (χ0v) is 25.0. The molecule has 3 aromatic carbocycles. The highest BCUT2D eigenvalue weighted by Crippen LogP contribution is 2.44. The summed E-state index contributed by atoms with van der Waals surface area (Å²) >= 11 is 0. The van der Waals surface area contributed by atoms with Gasteiger partial charge in [-0.15, -0.1) is 0 Å². The lowest BCUT2D eigenvalue weighted by atomic mass is 9.98. The number of phenolic OH excluding ortho intramolecular Hbond substituents is 1. The van der Waals surface area contributed by atoms with Crippen LogP contribution in [0.3, 0.4) is 0 Å². The number of amides is 1. The fourth-order valence-corrected chi connectivity index (χ4v) is 5.17. The molecule has 0 aromatic heterocycles. The first-order chi connectivity index (χ1) is 20.8. The maximum atomic E-state index is 13.9. The van der Waals surface area contributed by atoms with Gasteiger partial charge in [-0.05, 0) is 55.2 Å². The molecule has 0 saturated carbocycles. The third-order valence-corrected chi connectivity index (χ3v) is 7.17. The number of rotatable bonds is 11. The van der Waals surface area contributed by atoms with Gasteiger partial charge in [0.2, 0.25) is 0 Å². The quantitative estimate of drug-likeness (QED) is 0.213. The summed E-state index contributed by atoms with van der Waals surface area (Å²) in [6.45, 7) is 4.14. The Morgan fingerprint density at radius 3 is 2.07 bits per heavy atom. The van der Waals surface area contributed by atoms with E-state index >= 15 is 0 Å². The molecule has 4 N–H and O–H groups in total. The number of carboxylic acids is 1. The first kappa shape index (κ1) is 32.0. The average Bonchev–Trinajstić information content (AvgIpc) is 3.28. The van der Waals surface area contributed by atoms with Crippen LogP contribution < -0.4 is 10.5 Å². The van der Waals surface area contributed by atoms with Crippen molar-refractivity contribution in [2.45, 2.75) is 57.3 Å². The van der Waals surface area contributed by atoms with Crippen LogP contribution in [0.4, 0.5) is 4.79 Å². The van der Waals surface area contributed by atoms with Crippen LogP contribution in [0.25, 0.3) is 11.1 Å². The molecule has 44 heavy (non-hydrogen) atoms. The molecule has 0 heterocycles. The van der Waals surface area contributed by atoms with Crippen LogP contribution in [-0.2, 0) is 30.4 Å². The van der Waals surface area contributed by atoms with E-state index < -0.39 is 54.5 Å². The topological polar surface area (TPSA) is 166 Å². The second-order valence-corrected chi connectivity index (χ2v) is 11.5. The second kappa shape index (κ2) is 13.2. The Kier molecular flexibility index (Phi) is 9.59. The minimum Gasteiger partial charge on any atom is -0.507 e. The van der Waals surface area contributed by atoms with Gasteiger partial charge < -0.3 is 30.2 Å². The molecule has 0 saturated heterocycles. The van der Waals surface area contributed by atoms with Gasteiger partial charge in [0.15, 0.2) is 11.8 Å². The van der Waals surface area contributed by atoms with E-state index in [1.54, 1.807) is 20.8 Å². The molecule has 11 nitrogen and oxygen atoms in total. The number of fused-ring (bicyclic) bond motifs is 3. The van der Waals surface area contributed by atoms with Gasteiger partial charge in [-0.25, -0.2) is 9.59 Å². The van der Waals surface area contributed by atoms with Crippen LogP contribution in [0.1, 0.15) is 49.8 Å². The third-order valence-electron chi connectivity index (χ3n) is 7.17. The smallest absolute Gasteiger partial charge is 0.411 e. The fourth-order valence-electron chi connectivity index (χ4n) is 5.17. The number of esters is 1. The zero-order chi connectivity index (χ0) is 32.2. The van der Waals surface area contributed by atoms with Gasteiger partial charge in [-0.1, -0.05) is 48.5 Å². The number of hydrogen-bond donors (Lipinski definition) is 3. The van der Waals surface area contributed by atoms with Gasteiger partial charge in [0.25, 0.3) is 0 Å². The van der Waals surface area contributed by atoms with Crippen LogP contribution in [0.5, 0.6) is 11.5 Å². The van der Waals surface area contributed by atoms with Gasteiger partial charge in [-0.2, -0.15) is 0 Å². The Hall–Kier alpha value is -4.90. The lowest BCUT2D eigenvalue weighted by molar-refractivity contribution is -0.164. The number of carbonyl (C=O) groups excluding carboxylic acids is 3. The van der Waals surface area contributed by atoms with Crippen molar-refractivity contribution in [3.05, 3.63) is 83.4 Å². The number of methoxy groups -OCH3 is 1. The second-order valence-electron chi connectivity index (χ2n) is 11.5. The number of hydrogen-bond acceptors (Lipinski definition) is 9. The summed E-state index contributed by atoms with van der Waals surface area (Å²) in [7, 11) is 1.42. The number of aromatic hydroxyl groups is 1. The highest BCUT2D eigenvalue weighted by Gasteiger charge is 2.43. The molecular weight excluding hydrogens is 568 g/mol. The SMILES string of the molecule is COc1ccc(CN(C(=O)OCC2c3ccccc3-c3ccccc32)C(C(=O)OC(C)(C)C)C(=O)[C@@H](N)CC(=O)O)c(O)c1. The van der Waals surface area contributed by atoms with E-state index in [9.17, 15) is 29.4 Å². The molecule has 0 radical (unpaired) electrons. The molecule has 0 fully saturated rings. The molecule has 4 rings (SSSR count). The minimum atomic E-state index is -1.97. The Bertz CT molecular complexity index is 1520. The lowest BCUT2D eigenvalue weighted by Crippen LogP contribution is -2.56. The Morgan fingerprint density at radius 1 is 0.955 bits per heavy atom. The lowest BCUT2D eigenvalue weighted by Gasteiger charge is -2.32. The molecule has 3 aromatic rings. The summed E-state index contributed by atoms with van der Waals surface area (Å²) in [5.41, 5.74) is 8.92. The number of phenols is 1. The number of nitrogens with two attached hydrogens (primary N) is 1. The first-order valence-corrected chi connectivity index (χ1v) is 14.0. The largest absolute Gasteiger partial charge is 0.507 e. The van der Waals surface area contributed by atoms with E-state index in [1.165, 1.54) is 25.3 Å². The number of carboxylic acid groups (broad SMARTS) is 1. The van der Waals surface area contributed by atoms with Crippen molar-refractivity contribution in [2.75, 3.05) is 13.7 Å². The van der Waals surface area contributed by atoms with Crippen molar-refractivity contribution in [3.63, 3.8) is 0 Å². The summed E-state index contributed by atoms with van der Waals surface area (Å²) in [5, 5.41) is 20.0. The maximum absolute atomic E-state index is 13.9. The molecule has 1 aliphatic carbocycles. The summed E-state index contributed by atoms with van der Waals surface area (Å²) in [5.74, 6) is -3.80. The Balaban J connectivity index is 1.72. The normalized spacial score (nSPS) is 13.7. The molecule has 0 aliphatic heterocycles. The average molecular weight is 605 g/mol. The van der Waals surface area contributed by atoms with Gasteiger partial charge in [0, 0.05) is 17.5 Å². The number of Topliss-reactive ketones (excluding diaryl/α,β-unsaturated/α-hetero) is 1. The molecule has 2 atom stereocenters. The molecule has 11 heteroatoms. The van der Waals surface area contributed by atoms with Crippen LogP contribution in [0.2, 0.25) is 0 Å². The number of aliphatic carboxylic acids is 1. The van der Waals surface area contributed by atoms with Crippen molar-refractivity contribution >= 4 is 23.8 Å². The summed E-state index contributed by atoms with van der Waals surface area (Å²) in [4.78, 5) is 53.2. The maximum Gasteiger partial charge on any atom is 0.411 e. The van der Waals surface area contributed by atoms with Crippen LogP contribution >= 0.6 is 0 Å². The van der Waals surface area contributed by atoms with Crippen molar-refractivity contribution in [2.24, 2.45) is 5.73 Å². The van der Waals surface area contributed by atoms with E-state index in [0.717, 1.165) is 27.2 Å². The van der Waals surface area contributed by atoms with Crippen molar-refractivity contribution in [3.8, 4) is 22.6 Å². The van der Waals surface area contributed by atoms with Gasteiger partial charge in [0.05, 0.1) is 26.1 Å². The molecule has 0 bridgehead atoms. The number of ketones is 1. The molecular formula is C33H36N2O9. The van der Waals surface area contributed by atoms with Crippen molar-refractivity contribution in [1.82, 2.24) is 4.90 Å².